The van der Waals surface area contributed by atoms with Crippen molar-refractivity contribution < 1.29 is 9.32 Å². The van der Waals surface area contributed by atoms with Gasteiger partial charge < -0.3 is 14.7 Å². The van der Waals surface area contributed by atoms with Crippen molar-refractivity contribution in [2.45, 2.75) is 26.3 Å². The van der Waals surface area contributed by atoms with Crippen molar-refractivity contribution in [1.29, 1.82) is 0 Å². The Morgan fingerprint density at radius 2 is 2.14 bits per heavy atom. The molecule has 0 bridgehead atoms. The zero-order valence-electron chi connectivity index (χ0n) is 12.7. The highest BCUT2D eigenvalue weighted by Crippen LogP contribution is 2.21. The van der Waals surface area contributed by atoms with Gasteiger partial charge in [0.05, 0.1) is 12.0 Å². The van der Waals surface area contributed by atoms with Gasteiger partial charge in [-0.1, -0.05) is 5.16 Å². The fourth-order valence-corrected chi connectivity index (χ4v) is 3.09. The van der Waals surface area contributed by atoms with Crippen molar-refractivity contribution in [3.8, 4) is 0 Å². The molecule has 1 aromatic heterocycles. The summed E-state index contributed by atoms with van der Waals surface area (Å²) in [7, 11) is 0. The van der Waals surface area contributed by atoms with E-state index in [-0.39, 0.29) is 12.0 Å². The Balaban J connectivity index is 1.53. The third kappa shape index (κ3) is 3.08. The van der Waals surface area contributed by atoms with Gasteiger partial charge >= 0.3 is 0 Å². The first kappa shape index (κ1) is 14.5. The standard InChI is InChI=1S/C14H23N5O2/c1-10(13-16-11(2)17-21-13)18-5-7-19(8-6-18)14(20)12-3-4-15-9-12/h10,12,15H,3-9H2,1-2H3. The number of aryl methyl sites for hydroxylation is 1. The third-order valence-electron chi connectivity index (χ3n) is 4.48. The molecule has 7 heteroatoms. The van der Waals surface area contributed by atoms with Gasteiger partial charge in [-0.25, -0.2) is 0 Å². The maximum Gasteiger partial charge on any atom is 0.243 e. The van der Waals surface area contributed by atoms with E-state index in [1.165, 1.54) is 0 Å². The minimum Gasteiger partial charge on any atom is -0.340 e. The molecule has 2 atom stereocenters. The molecule has 0 radical (unpaired) electrons. The molecule has 2 aliphatic rings. The Morgan fingerprint density at radius 1 is 1.38 bits per heavy atom. The summed E-state index contributed by atoms with van der Waals surface area (Å²) in [4.78, 5) is 21.0. The number of amides is 1. The number of hydrogen-bond acceptors (Lipinski definition) is 6. The first-order valence-corrected chi connectivity index (χ1v) is 7.69. The molecule has 0 aromatic carbocycles. The van der Waals surface area contributed by atoms with Gasteiger partial charge in [-0.2, -0.15) is 4.98 Å². The molecule has 0 saturated carbocycles. The van der Waals surface area contributed by atoms with Gasteiger partial charge in [0.25, 0.3) is 0 Å². The minimum absolute atomic E-state index is 0.108. The van der Waals surface area contributed by atoms with Crippen molar-refractivity contribution in [1.82, 2.24) is 25.3 Å². The summed E-state index contributed by atoms with van der Waals surface area (Å²) in [5.74, 6) is 1.81. The summed E-state index contributed by atoms with van der Waals surface area (Å²) < 4.78 is 5.24. The normalized spacial score (nSPS) is 25.2. The lowest BCUT2D eigenvalue weighted by atomic mass is 10.1. The zero-order valence-corrected chi connectivity index (χ0v) is 12.7. The van der Waals surface area contributed by atoms with Crippen LogP contribution in [-0.4, -0.2) is 65.1 Å². The molecule has 116 valence electrons. The molecule has 1 aromatic rings. The molecule has 2 unspecified atom stereocenters. The number of hydrogen-bond donors (Lipinski definition) is 1. The van der Waals surface area contributed by atoms with E-state index >= 15 is 0 Å². The van der Waals surface area contributed by atoms with Crippen LogP contribution in [0.25, 0.3) is 0 Å². The Kier molecular flexibility index (Phi) is 4.21. The number of nitrogens with one attached hydrogen (secondary N) is 1. The van der Waals surface area contributed by atoms with Crippen molar-refractivity contribution in [3.63, 3.8) is 0 Å². The van der Waals surface area contributed by atoms with Gasteiger partial charge in [0, 0.05) is 32.7 Å². The average Bonchev–Trinajstić information content (AvgIpc) is 3.17. The predicted molar refractivity (Wildman–Crippen MR) is 76.6 cm³/mol. The van der Waals surface area contributed by atoms with Crippen LogP contribution in [0.2, 0.25) is 0 Å². The first-order valence-electron chi connectivity index (χ1n) is 7.69. The highest BCUT2D eigenvalue weighted by molar-refractivity contribution is 5.79. The fourth-order valence-electron chi connectivity index (χ4n) is 3.09. The summed E-state index contributed by atoms with van der Waals surface area (Å²) in [5.41, 5.74) is 0. The Labute approximate surface area is 124 Å². The fraction of sp³-hybridized carbons (Fsp3) is 0.786. The number of carbonyl (C=O) groups excluding carboxylic acids is 1. The summed E-state index contributed by atoms with van der Waals surface area (Å²) >= 11 is 0. The number of aromatic nitrogens is 2. The zero-order chi connectivity index (χ0) is 14.8. The third-order valence-corrected chi connectivity index (χ3v) is 4.48. The molecule has 1 N–H and O–H groups in total. The van der Waals surface area contributed by atoms with E-state index in [2.05, 4.69) is 27.3 Å². The maximum atomic E-state index is 12.4. The summed E-state index contributed by atoms with van der Waals surface area (Å²) in [5, 5.41) is 7.10. The van der Waals surface area contributed by atoms with E-state index in [4.69, 9.17) is 4.52 Å². The lowest BCUT2D eigenvalue weighted by molar-refractivity contribution is -0.137. The lowest BCUT2D eigenvalue weighted by Gasteiger charge is -2.37. The van der Waals surface area contributed by atoms with Crippen LogP contribution in [0.15, 0.2) is 4.52 Å². The second-order valence-electron chi connectivity index (χ2n) is 5.91. The molecule has 3 rings (SSSR count). The van der Waals surface area contributed by atoms with E-state index in [0.29, 0.717) is 17.6 Å². The van der Waals surface area contributed by atoms with Gasteiger partial charge in [-0.05, 0) is 26.8 Å². The Morgan fingerprint density at radius 3 is 2.71 bits per heavy atom. The van der Waals surface area contributed by atoms with Crippen LogP contribution in [0.4, 0.5) is 0 Å². The molecule has 2 fully saturated rings. The molecule has 21 heavy (non-hydrogen) atoms. The van der Waals surface area contributed by atoms with Crippen LogP contribution in [0, 0.1) is 12.8 Å². The van der Waals surface area contributed by atoms with E-state index in [9.17, 15) is 4.79 Å². The molecule has 3 heterocycles. The van der Waals surface area contributed by atoms with Gasteiger partial charge in [0.2, 0.25) is 11.8 Å². The van der Waals surface area contributed by atoms with Crippen LogP contribution >= 0.6 is 0 Å². The Bertz CT molecular complexity index is 489. The van der Waals surface area contributed by atoms with Crippen LogP contribution in [0.1, 0.15) is 31.1 Å². The average molecular weight is 293 g/mol. The van der Waals surface area contributed by atoms with Crippen molar-refractivity contribution >= 4 is 5.91 Å². The highest BCUT2D eigenvalue weighted by atomic mass is 16.5. The van der Waals surface area contributed by atoms with Crippen LogP contribution in [-0.2, 0) is 4.79 Å². The van der Waals surface area contributed by atoms with Crippen molar-refractivity contribution in [2.75, 3.05) is 39.3 Å². The monoisotopic (exact) mass is 293 g/mol. The summed E-state index contributed by atoms with van der Waals surface area (Å²) in [6.07, 6.45) is 0.969. The van der Waals surface area contributed by atoms with Crippen LogP contribution in [0.5, 0.6) is 0 Å². The minimum atomic E-state index is 0.108. The highest BCUT2D eigenvalue weighted by Gasteiger charge is 2.31. The molecule has 1 amide bonds. The second-order valence-corrected chi connectivity index (χ2v) is 5.91. The number of carbonyl (C=O) groups is 1. The van der Waals surface area contributed by atoms with Crippen molar-refractivity contribution in [3.05, 3.63) is 11.7 Å². The summed E-state index contributed by atoms with van der Waals surface area (Å²) in [6, 6.07) is 0.108. The number of nitrogens with zero attached hydrogens (tertiary/aromatic N) is 4. The number of piperazine rings is 1. The molecule has 2 saturated heterocycles. The SMILES string of the molecule is Cc1noc(C(C)N2CCN(C(=O)C3CCNC3)CC2)n1. The largest absolute Gasteiger partial charge is 0.340 e. The van der Waals surface area contributed by atoms with Gasteiger partial charge in [0.15, 0.2) is 5.82 Å². The van der Waals surface area contributed by atoms with E-state index in [1.807, 2.05) is 11.8 Å². The molecular weight excluding hydrogens is 270 g/mol. The molecule has 0 aliphatic carbocycles. The quantitative estimate of drug-likeness (QED) is 0.858. The predicted octanol–water partition coefficient (Wildman–Crippen LogP) is 0.193. The lowest BCUT2D eigenvalue weighted by Crippen LogP contribution is -2.51. The van der Waals surface area contributed by atoms with Gasteiger partial charge in [-0.15, -0.1) is 0 Å². The number of rotatable bonds is 3. The van der Waals surface area contributed by atoms with E-state index in [1.54, 1.807) is 0 Å². The topological polar surface area (TPSA) is 74.5 Å². The molecule has 7 nitrogen and oxygen atoms in total. The van der Waals surface area contributed by atoms with E-state index < -0.39 is 0 Å². The van der Waals surface area contributed by atoms with Crippen LogP contribution < -0.4 is 5.32 Å². The Hall–Kier alpha value is -1.47. The van der Waals surface area contributed by atoms with E-state index in [0.717, 1.165) is 45.7 Å². The smallest absolute Gasteiger partial charge is 0.243 e. The molecule has 2 aliphatic heterocycles. The van der Waals surface area contributed by atoms with Crippen molar-refractivity contribution in [2.24, 2.45) is 5.92 Å². The van der Waals surface area contributed by atoms with Gasteiger partial charge in [-0.3, -0.25) is 9.69 Å². The maximum absolute atomic E-state index is 12.4. The van der Waals surface area contributed by atoms with Crippen LogP contribution in [0.3, 0.4) is 0 Å². The first-order chi connectivity index (χ1) is 10.1. The second kappa shape index (κ2) is 6.11. The van der Waals surface area contributed by atoms with Gasteiger partial charge in [0.1, 0.15) is 0 Å². The molecule has 0 spiro atoms. The summed E-state index contributed by atoms with van der Waals surface area (Å²) in [6.45, 7) is 8.97. The molecular formula is C14H23N5O2.